The van der Waals surface area contributed by atoms with Crippen LogP contribution in [0, 0.1) is 20.8 Å². The first-order valence-corrected chi connectivity index (χ1v) is 9.43. The van der Waals surface area contributed by atoms with E-state index in [1.807, 2.05) is 18.5 Å². The molecule has 2 rings (SSSR count). The summed E-state index contributed by atoms with van der Waals surface area (Å²) in [6.07, 6.45) is 3.51. The van der Waals surface area contributed by atoms with E-state index < -0.39 is 9.84 Å². The Labute approximate surface area is 137 Å². The average Bonchev–Trinajstić information content (AvgIpc) is 2.70. The van der Waals surface area contributed by atoms with E-state index in [1.54, 1.807) is 6.92 Å². The fraction of sp³-hybridized carbons (Fsp3) is 0.533. The van der Waals surface area contributed by atoms with E-state index in [0.717, 1.165) is 36.2 Å². The third-order valence-corrected chi connectivity index (χ3v) is 4.77. The van der Waals surface area contributed by atoms with Crippen molar-refractivity contribution in [2.75, 3.05) is 11.6 Å². The molecular weight excluding hydrogens is 314 g/mol. The molecule has 8 heteroatoms. The summed E-state index contributed by atoms with van der Waals surface area (Å²) < 4.78 is 25.7. The van der Waals surface area contributed by atoms with Crippen molar-refractivity contribution >= 4 is 15.7 Å². The van der Waals surface area contributed by atoms with Crippen LogP contribution in [0.5, 0.6) is 0 Å². The molecule has 0 saturated heterocycles. The summed E-state index contributed by atoms with van der Waals surface area (Å²) in [6.45, 7) is 9.16. The number of anilines is 1. The zero-order valence-corrected chi connectivity index (χ0v) is 15.0. The lowest BCUT2D eigenvalue weighted by atomic mass is 10.2. The van der Waals surface area contributed by atoms with Gasteiger partial charge < -0.3 is 5.32 Å². The van der Waals surface area contributed by atoms with Gasteiger partial charge in [-0.25, -0.2) is 18.4 Å². The minimum atomic E-state index is -3.39. The van der Waals surface area contributed by atoms with E-state index in [9.17, 15) is 8.42 Å². The van der Waals surface area contributed by atoms with E-state index >= 15 is 0 Å². The number of aromatic nitrogens is 4. The molecule has 0 unspecified atom stereocenters. The Kier molecular flexibility index (Phi) is 5.03. The van der Waals surface area contributed by atoms with Gasteiger partial charge in [0.05, 0.1) is 11.9 Å². The van der Waals surface area contributed by atoms with Crippen molar-refractivity contribution in [3.8, 4) is 0 Å². The van der Waals surface area contributed by atoms with E-state index in [4.69, 9.17) is 0 Å². The maximum absolute atomic E-state index is 11.9. The number of nitrogens with one attached hydrogen (secondary N) is 1. The number of nitrogens with zero attached hydrogens (tertiary/aromatic N) is 4. The smallest absolute Gasteiger partial charge is 0.180 e. The number of hydrogen-bond acceptors (Lipinski definition) is 6. The van der Waals surface area contributed by atoms with Gasteiger partial charge in [-0.15, -0.1) is 0 Å². The molecular formula is C15H23N5O2S. The second-order valence-electron chi connectivity index (χ2n) is 5.63. The lowest BCUT2D eigenvalue weighted by molar-refractivity contribution is 0.582. The summed E-state index contributed by atoms with van der Waals surface area (Å²) in [7, 11) is -3.39. The summed E-state index contributed by atoms with van der Waals surface area (Å²) in [5.74, 6) is 0.858. The molecule has 1 N–H and O–H groups in total. The first kappa shape index (κ1) is 17.4. The second kappa shape index (κ2) is 6.66. The van der Waals surface area contributed by atoms with Crippen molar-refractivity contribution in [3.05, 3.63) is 29.0 Å². The molecule has 0 atom stereocenters. The summed E-state index contributed by atoms with van der Waals surface area (Å²) in [4.78, 5) is 8.32. The zero-order chi connectivity index (χ0) is 17.2. The van der Waals surface area contributed by atoms with Gasteiger partial charge in [-0.05, 0) is 27.2 Å². The Morgan fingerprint density at radius 1 is 1.26 bits per heavy atom. The SMILES string of the molecule is CCCn1nc(C)c(CNc2nc(C)ncc2S(C)(=O)=O)c1C. The Morgan fingerprint density at radius 2 is 1.96 bits per heavy atom. The maximum atomic E-state index is 11.9. The minimum absolute atomic E-state index is 0.111. The van der Waals surface area contributed by atoms with Crippen LogP contribution >= 0.6 is 0 Å². The van der Waals surface area contributed by atoms with Crippen LogP contribution in [0.2, 0.25) is 0 Å². The molecule has 0 aromatic carbocycles. The van der Waals surface area contributed by atoms with E-state index in [2.05, 4.69) is 27.3 Å². The highest BCUT2D eigenvalue weighted by Gasteiger charge is 2.17. The van der Waals surface area contributed by atoms with Gasteiger partial charge in [0.1, 0.15) is 16.5 Å². The zero-order valence-electron chi connectivity index (χ0n) is 14.2. The van der Waals surface area contributed by atoms with Crippen LogP contribution in [-0.2, 0) is 22.9 Å². The maximum Gasteiger partial charge on any atom is 0.180 e. The molecule has 7 nitrogen and oxygen atoms in total. The molecule has 0 amide bonds. The highest BCUT2D eigenvalue weighted by atomic mass is 32.2. The molecule has 0 aliphatic rings. The number of sulfone groups is 1. The van der Waals surface area contributed by atoms with Gasteiger partial charge >= 0.3 is 0 Å². The number of aryl methyl sites for hydroxylation is 3. The first-order chi connectivity index (χ1) is 10.7. The molecule has 0 fully saturated rings. The summed E-state index contributed by atoms with van der Waals surface area (Å²) in [6, 6.07) is 0. The normalized spacial score (nSPS) is 11.7. The summed E-state index contributed by atoms with van der Waals surface area (Å²) in [5, 5.41) is 7.66. The molecule has 0 aliphatic carbocycles. The monoisotopic (exact) mass is 337 g/mol. The predicted molar refractivity (Wildman–Crippen MR) is 89.2 cm³/mol. The fourth-order valence-electron chi connectivity index (χ4n) is 2.45. The highest BCUT2D eigenvalue weighted by Crippen LogP contribution is 2.20. The molecule has 2 aromatic heterocycles. The van der Waals surface area contributed by atoms with Gasteiger partial charge in [0.15, 0.2) is 9.84 Å². The number of hydrogen-bond donors (Lipinski definition) is 1. The van der Waals surface area contributed by atoms with Crippen LogP contribution in [0.4, 0.5) is 5.82 Å². The fourth-order valence-corrected chi connectivity index (χ4v) is 3.16. The van der Waals surface area contributed by atoms with Gasteiger partial charge in [0.2, 0.25) is 0 Å². The molecule has 0 bridgehead atoms. The third-order valence-electron chi connectivity index (χ3n) is 3.67. The molecule has 0 aliphatic heterocycles. The summed E-state index contributed by atoms with van der Waals surface area (Å²) >= 11 is 0. The molecule has 2 aromatic rings. The Bertz CT molecular complexity index is 812. The van der Waals surface area contributed by atoms with Gasteiger partial charge in [-0.3, -0.25) is 4.68 Å². The lowest BCUT2D eigenvalue weighted by Crippen LogP contribution is -2.11. The van der Waals surface area contributed by atoms with Crippen molar-refractivity contribution in [2.45, 2.75) is 52.1 Å². The highest BCUT2D eigenvalue weighted by molar-refractivity contribution is 7.90. The largest absolute Gasteiger partial charge is 0.365 e. The van der Waals surface area contributed by atoms with Crippen molar-refractivity contribution < 1.29 is 8.42 Å². The van der Waals surface area contributed by atoms with Crippen molar-refractivity contribution in [2.24, 2.45) is 0 Å². The van der Waals surface area contributed by atoms with Crippen LogP contribution in [0.3, 0.4) is 0 Å². The van der Waals surface area contributed by atoms with Gasteiger partial charge in [0, 0.05) is 30.6 Å². The van der Waals surface area contributed by atoms with Crippen LogP contribution < -0.4 is 5.32 Å². The Balaban J connectivity index is 2.30. The van der Waals surface area contributed by atoms with Crippen LogP contribution in [0.1, 0.15) is 36.1 Å². The van der Waals surface area contributed by atoms with Crippen LogP contribution in [0.25, 0.3) is 0 Å². The van der Waals surface area contributed by atoms with Gasteiger partial charge in [-0.1, -0.05) is 6.92 Å². The first-order valence-electron chi connectivity index (χ1n) is 7.54. The van der Waals surface area contributed by atoms with Crippen LogP contribution in [-0.4, -0.2) is 34.4 Å². The van der Waals surface area contributed by atoms with E-state index in [1.165, 1.54) is 6.20 Å². The second-order valence-corrected chi connectivity index (χ2v) is 7.61. The van der Waals surface area contributed by atoms with Crippen molar-refractivity contribution in [3.63, 3.8) is 0 Å². The lowest BCUT2D eigenvalue weighted by Gasteiger charge is -2.11. The summed E-state index contributed by atoms with van der Waals surface area (Å²) in [5.41, 5.74) is 3.09. The van der Waals surface area contributed by atoms with Crippen molar-refractivity contribution in [1.29, 1.82) is 0 Å². The molecule has 126 valence electrons. The number of rotatable bonds is 6. The molecule has 2 heterocycles. The minimum Gasteiger partial charge on any atom is -0.365 e. The topological polar surface area (TPSA) is 89.8 Å². The Morgan fingerprint density at radius 3 is 2.57 bits per heavy atom. The standard InChI is InChI=1S/C15H23N5O2S/c1-6-7-20-11(3)13(10(2)19-20)8-17-15-14(23(5,21)22)9-16-12(4)18-15/h9H,6-8H2,1-5H3,(H,16,17,18). The van der Waals surface area contributed by atoms with Gasteiger partial charge in [0.25, 0.3) is 0 Å². The van der Waals surface area contributed by atoms with Gasteiger partial charge in [-0.2, -0.15) is 5.10 Å². The molecule has 0 radical (unpaired) electrons. The molecule has 0 saturated carbocycles. The predicted octanol–water partition coefficient (Wildman–Crippen LogP) is 2.02. The molecule has 23 heavy (non-hydrogen) atoms. The van der Waals surface area contributed by atoms with E-state index in [-0.39, 0.29) is 4.90 Å². The third kappa shape index (κ3) is 3.87. The van der Waals surface area contributed by atoms with Crippen molar-refractivity contribution in [1.82, 2.24) is 19.7 Å². The van der Waals surface area contributed by atoms with Crippen LogP contribution in [0.15, 0.2) is 11.1 Å². The Hall–Kier alpha value is -1.96. The average molecular weight is 337 g/mol. The van der Waals surface area contributed by atoms with E-state index in [0.29, 0.717) is 18.2 Å². The quantitative estimate of drug-likeness (QED) is 0.867. The molecule has 0 spiro atoms.